The summed E-state index contributed by atoms with van der Waals surface area (Å²) >= 11 is 1.48. The van der Waals surface area contributed by atoms with Crippen molar-refractivity contribution in [2.45, 2.75) is 5.09 Å². The van der Waals surface area contributed by atoms with Crippen LogP contribution in [0.2, 0.25) is 0 Å². The molecule has 0 aliphatic rings. The summed E-state index contributed by atoms with van der Waals surface area (Å²) in [7, 11) is 0. The predicted molar refractivity (Wildman–Crippen MR) is 47.2 cm³/mol. The molecule has 0 aliphatic carbocycles. The lowest BCUT2D eigenvalue weighted by Gasteiger charge is -1.85. The van der Waals surface area contributed by atoms with Crippen LogP contribution in [0.15, 0.2) is 27.7 Å². The zero-order valence-corrected chi connectivity index (χ0v) is 7.30. The summed E-state index contributed by atoms with van der Waals surface area (Å²) < 4.78 is 5.20. The molecule has 0 unspecified atom stereocenters. The van der Waals surface area contributed by atoms with Crippen molar-refractivity contribution in [1.29, 1.82) is 0 Å². The predicted octanol–water partition coefficient (Wildman–Crippen LogP) is 2.10. The van der Waals surface area contributed by atoms with E-state index in [0.717, 1.165) is 11.2 Å². The number of hydrogen-bond donors (Lipinski definition) is 1. The lowest BCUT2D eigenvalue weighted by atomic mass is 10.4. The van der Waals surface area contributed by atoms with Gasteiger partial charge < -0.3 is 9.52 Å². The smallest absolute Gasteiger partial charge is 0.328 e. The monoisotopic (exact) mass is 184 g/mol. The highest BCUT2D eigenvalue weighted by atomic mass is 32.2. The summed E-state index contributed by atoms with van der Waals surface area (Å²) in [5.74, 6) is -0.418. The second kappa shape index (κ2) is 4.01. The largest absolute Gasteiger partial charge is 0.478 e. The van der Waals surface area contributed by atoms with Crippen molar-refractivity contribution in [2.75, 3.05) is 6.26 Å². The number of hydrogen-bond acceptors (Lipinski definition) is 3. The van der Waals surface area contributed by atoms with E-state index in [1.807, 2.05) is 6.26 Å². The zero-order valence-electron chi connectivity index (χ0n) is 6.48. The van der Waals surface area contributed by atoms with Gasteiger partial charge in [-0.25, -0.2) is 4.79 Å². The van der Waals surface area contributed by atoms with Crippen LogP contribution in [0.3, 0.4) is 0 Å². The van der Waals surface area contributed by atoms with E-state index in [9.17, 15) is 4.79 Å². The number of thioether (sulfide) groups is 1. The van der Waals surface area contributed by atoms with Crippen LogP contribution in [0.25, 0.3) is 6.08 Å². The first-order chi connectivity index (χ1) is 5.72. The highest BCUT2D eigenvalue weighted by Gasteiger charge is 1.96. The van der Waals surface area contributed by atoms with Gasteiger partial charge in [-0.2, -0.15) is 0 Å². The molecule has 0 amide bonds. The highest BCUT2D eigenvalue weighted by Crippen LogP contribution is 2.18. The van der Waals surface area contributed by atoms with Crippen molar-refractivity contribution in [3.05, 3.63) is 24.0 Å². The minimum Gasteiger partial charge on any atom is -0.478 e. The summed E-state index contributed by atoms with van der Waals surface area (Å²) in [6.45, 7) is 0. The first kappa shape index (κ1) is 8.93. The first-order valence-electron chi connectivity index (χ1n) is 3.27. The van der Waals surface area contributed by atoms with Gasteiger partial charge >= 0.3 is 5.97 Å². The Bertz CT molecular complexity index is 301. The second-order valence-electron chi connectivity index (χ2n) is 2.03. The van der Waals surface area contributed by atoms with E-state index in [1.165, 1.54) is 17.8 Å². The minimum absolute atomic E-state index is 0.557. The van der Waals surface area contributed by atoms with Crippen molar-refractivity contribution in [3.63, 3.8) is 0 Å². The quantitative estimate of drug-likeness (QED) is 0.577. The number of carboxylic acid groups (broad SMARTS) is 1. The molecule has 1 aromatic heterocycles. The normalized spacial score (nSPS) is 10.8. The lowest BCUT2D eigenvalue weighted by molar-refractivity contribution is -0.131. The van der Waals surface area contributed by atoms with Crippen LogP contribution in [0, 0.1) is 0 Å². The van der Waals surface area contributed by atoms with E-state index >= 15 is 0 Å². The molecule has 1 heterocycles. The molecular formula is C8H8O3S. The van der Waals surface area contributed by atoms with Crippen molar-refractivity contribution in [3.8, 4) is 0 Å². The Hall–Kier alpha value is -1.16. The van der Waals surface area contributed by atoms with E-state index in [-0.39, 0.29) is 0 Å². The molecule has 0 aromatic carbocycles. The van der Waals surface area contributed by atoms with Gasteiger partial charge in [0.15, 0.2) is 5.09 Å². The third-order valence-corrected chi connectivity index (χ3v) is 1.82. The molecule has 3 nitrogen and oxygen atoms in total. The summed E-state index contributed by atoms with van der Waals surface area (Å²) in [6.07, 6.45) is 4.36. The number of carbonyl (C=O) groups is 1. The van der Waals surface area contributed by atoms with Gasteiger partial charge in [-0.1, -0.05) is 11.8 Å². The van der Waals surface area contributed by atoms with E-state index in [4.69, 9.17) is 9.52 Å². The second-order valence-corrected chi connectivity index (χ2v) is 2.84. The van der Waals surface area contributed by atoms with Gasteiger partial charge in [0.05, 0.1) is 0 Å². The van der Waals surface area contributed by atoms with E-state index in [1.54, 1.807) is 12.1 Å². The molecule has 0 atom stereocenters. The van der Waals surface area contributed by atoms with Crippen LogP contribution in [-0.4, -0.2) is 17.3 Å². The molecule has 0 aliphatic heterocycles. The Balaban J connectivity index is 2.70. The molecule has 0 spiro atoms. The summed E-state index contributed by atoms with van der Waals surface area (Å²) in [5, 5.41) is 9.08. The number of rotatable bonds is 3. The maximum atomic E-state index is 10.1. The fourth-order valence-electron chi connectivity index (χ4n) is 0.687. The molecule has 4 heteroatoms. The van der Waals surface area contributed by atoms with Crippen LogP contribution in [-0.2, 0) is 4.79 Å². The minimum atomic E-state index is -0.975. The Morgan fingerprint density at radius 2 is 2.42 bits per heavy atom. The van der Waals surface area contributed by atoms with Gasteiger partial charge in [-0.05, 0) is 24.5 Å². The SMILES string of the molecule is CSc1ccc(/C=C/C(=O)O)o1. The van der Waals surface area contributed by atoms with Crippen LogP contribution in [0.4, 0.5) is 0 Å². The van der Waals surface area contributed by atoms with Crippen LogP contribution < -0.4 is 0 Å². The Morgan fingerprint density at radius 3 is 2.92 bits per heavy atom. The Kier molecular flexibility index (Phi) is 2.99. The van der Waals surface area contributed by atoms with Crippen LogP contribution >= 0.6 is 11.8 Å². The molecule has 0 saturated carbocycles. The Labute approximate surface area is 74.1 Å². The van der Waals surface area contributed by atoms with E-state index < -0.39 is 5.97 Å². The molecule has 12 heavy (non-hydrogen) atoms. The van der Waals surface area contributed by atoms with Gasteiger partial charge in [-0.3, -0.25) is 0 Å². The summed E-state index contributed by atoms with van der Waals surface area (Å²) in [4.78, 5) is 10.1. The third-order valence-electron chi connectivity index (χ3n) is 1.19. The van der Waals surface area contributed by atoms with E-state index in [0.29, 0.717) is 5.76 Å². The number of furan rings is 1. The maximum absolute atomic E-state index is 10.1. The van der Waals surface area contributed by atoms with Crippen molar-refractivity contribution < 1.29 is 14.3 Å². The molecule has 1 aromatic rings. The molecule has 0 fully saturated rings. The first-order valence-corrected chi connectivity index (χ1v) is 4.49. The highest BCUT2D eigenvalue weighted by molar-refractivity contribution is 7.98. The third kappa shape index (κ3) is 2.47. The van der Waals surface area contributed by atoms with Crippen molar-refractivity contribution in [2.24, 2.45) is 0 Å². The van der Waals surface area contributed by atoms with E-state index in [2.05, 4.69) is 0 Å². The van der Waals surface area contributed by atoms with Gasteiger partial charge in [0.25, 0.3) is 0 Å². The number of carboxylic acids is 1. The average molecular weight is 184 g/mol. The van der Waals surface area contributed by atoms with Gasteiger partial charge in [-0.15, -0.1) is 0 Å². The summed E-state index contributed by atoms with van der Waals surface area (Å²) in [5.41, 5.74) is 0. The maximum Gasteiger partial charge on any atom is 0.328 e. The van der Waals surface area contributed by atoms with Gasteiger partial charge in [0, 0.05) is 6.08 Å². The molecule has 1 rings (SSSR count). The molecule has 0 saturated heterocycles. The average Bonchev–Trinajstić information content (AvgIpc) is 2.48. The lowest BCUT2D eigenvalue weighted by Crippen LogP contribution is -1.84. The molecular weight excluding hydrogens is 176 g/mol. The summed E-state index contributed by atoms with van der Waals surface area (Å²) in [6, 6.07) is 3.53. The molecule has 64 valence electrons. The van der Waals surface area contributed by atoms with Crippen molar-refractivity contribution in [1.82, 2.24) is 0 Å². The molecule has 0 radical (unpaired) electrons. The topological polar surface area (TPSA) is 50.4 Å². The standard InChI is InChI=1S/C8H8O3S/c1-12-8-5-3-6(11-8)2-4-7(9)10/h2-5H,1H3,(H,9,10)/b4-2+. The molecule has 1 N–H and O–H groups in total. The van der Waals surface area contributed by atoms with Crippen LogP contribution in [0.5, 0.6) is 0 Å². The fraction of sp³-hybridized carbons (Fsp3) is 0.125. The zero-order chi connectivity index (χ0) is 8.97. The Morgan fingerprint density at radius 1 is 1.67 bits per heavy atom. The van der Waals surface area contributed by atoms with Gasteiger partial charge in [0.1, 0.15) is 5.76 Å². The van der Waals surface area contributed by atoms with Crippen LogP contribution in [0.1, 0.15) is 5.76 Å². The van der Waals surface area contributed by atoms with Gasteiger partial charge in [0.2, 0.25) is 0 Å². The van der Waals surface area contributed by atoms with Crippen molar-refractivity contribution >= 4 is 23.8 Å². The fourth-order valence-corrected chi connectivity index (χ4v) is 1.07. The number of aliphatic carboxylic acids is 1. The molecule has 0 bridgehead atoms.